The first-order chi connectivity index (χ1) is 9.40. The first-order valence-electron chi connectivity index (χ1n) is 6.55. The molecule has 110 valence electrons. The highest BCUT2D eigenvalue weighted by Crippen LogP contribution is 2.19. The van der Waals surface area contributed by atoms with Gasteiger partial charge >= 0.3 is 5.97 Å². The summed E-state index contributed by atoms with van der Waals surface area (Å²) in [6.07, 6.45) is 0.773. The van der Waals surface area contributed by atoms with E-state index in [1.807, 2.05) is 32.9 Å². The van der Waals surface area contributed by atoms with E-state index >= 15 is 0 Å². The number of benzene rings is 1. The number of nitrogens with one attached hydrogen (secondary N) is 1. The zero-order chi connectivity index (χ0) is 15.3. The fourth-order valence-electron chi connectivity index (χ4n) is 1.82. The van der Waals surface area contributed by atoms with Crippen molar-refractivity contribution in [3.05, 3.63) is 33.8 Å². The average Bonchev–Trinajstić information content (AvgIpc) is 2.42. The molecule has 2 atom stereocenters. The normalized spacial score (nSPS) is 13.4. The Hall–Kier alpha value is -1.36. The van der Waals surface area contributed by atoms with Crippen molar-refractivity contribution in [3.8, 4) is 0 Å². The van der Waals surface area contributed by atoms with Gasteiger partial charge in [0.05, 0.1) is 12.7 Å². The lowest BCUT2D eigenvalue weighted by molar-refractivity contribution is -0.144. The quantitative estimate of drug-likeness (QED) is 0.837. The van der Waals surface area contributed by atoms with Crippen molar-refractivity contribution in [1.82, 2.24) is 5.32 Å². The Labute approximate surface area is 128 Å². The Balaban J connectivity index is 2.93. The van der Waals surface area contributed by atoms with E-state index in [1.54, 1.807) is 6.07 Å². The summed E-state index contributed by atoms with van der Waals surface area (Å²) in [6.45, 7) is 5.82. The second-order valence-electron chi connectivity index (χ2n) is 4.84. The first-order valence-corrected chi connectivity index (χ1v) is 7.34. The van der Waals surface area contributed by atoms with Gasteiger partial charge in [-0.1, -0.05) is 26.3 Å². The van der Waals surface area contributed by atoms with Gasteiger partial charge in [-0.2, -0.15) is 0 Å². The molecule has 0 aliphatic carbocycles. The Morgan fingerprint density at radius 1 is 1.40 bits per heavy atom. The van der Waals surface area contributed by atoms with Crippen LogP contribution in [0.2, 0.25) is 0 Å². The van der Waals surface area contributed by atoms with Crippen LogP contribution in [0, 0.1) is 12.8 Å². The monoisotopic (exact) mass is 341 g/mol. The second kappa shape index (κ2) is 7.43. The Kier molecular flexibility index (Phi) is 6.20. The minimum Gasteiger partial charge on any atom is -0.467 e. The number of ether oxygens (including phenoxy) is 1. The molecule has 2 unspecified atom stereocenters. The first kappa shape index (κ1) is 16.7. The molecule has 0 spiro atoms. The molecule has 1 N–H and O–H groups in total. The van der Waals surface area contributed by atoms with Crippen molar-refractivity contribution in [3.63, 3.8) is 0 Å². The van der Waals surface area contributed by atoms with E-state index in [9.17, 15) is 9.59 Å². The van der Waals surface area contributed by atoms with Crippen LogP contribution in [0.4, 0.5) is 0 Å². The Bertz CT molecular complexity index is 502. The maximum atomic E-state index is 12.3. The summed E-state index contributed by atoms with van der Waals surface area (Å²) in [7, 11) is 1.33. The molecule has 1 aromatic carbocycles. The number of hydrogen-bond acceptors (Lipinski definition) is 3. The predicted octanol–water partition coefficient (Wildman–Crippen LogP) is 3.08. The van der Waals surface area contributed by atoms with E-state index in [-0.39, 0.29) is 11.8 Å². The van der Waals surface area contributed by atoms with E-state index < -0.39 is 12.0 Å². The van der Waals surface area contributed by atoms with Gasteiger partial charge in [0.25, 0.3) is 5.91 Å². The second-order valence-corrected chi connectivity index (χ2v) is 5.70. The van der Waals surface area contributed by atoms with Gasteiger partial charge in [-0.05, 0) is 46.5 Å². The zero-order valence-electron chi connectivity index (χ0n) is 12.2. The molecule has 0 radical (unpaired) electrons. The number of amides is 1. The van der Waals surface area contributed by atoms with Crippen LogP contribution in [0.25, 0.3) is 0 Å². The van der Waals surface area contributed by atoms with Crippen LogP contribution in [0.1, 0.15) is 36.2 Å². The van der Waals surface area contributed by atoms with Gasteiger partial charge in [0.1, 0.15) is 6.04 Å². The fourth-order valence-corrected chi connectivity index (χ4v) is 2.49. The lowest BCUT2D eigenvalue weighted by Gasteiger charge is -2.22. The highest BCUT2D eigenvalue weighted by atomic mass is 79.9. The smallest absolute Gasteiger partial charge is 0.328 e. The molecule has 0 saturated carbocycles. The summed E-state index contributed by atoms with van der Waals surface area (Å²) in [5, 5.41) is 2.75. The van der Waals surface area contributed by atoms with E-state index in [1.165, 1.54) is 7.11 Å². The van der Waals surface area contributed by atoms with Crippen molar-refractivity contribution >= 4 is 27.8 Å². The van der Waals surface area contributed by atoms with E-state index in [0.717, 1.165) is 12.0 Å². The molecule has 0 bridgehead atoms. The van der Waals surface area contributed by atoms with Crippen LogP contribution >= 0.6 is 15.9 Å². The molecule has 0 saturated heterocycles. The zero-order valence-corrected chi connectivity index (χ0v) is 13.8. The number of halogens is 1. The topological polar surface area (TPSA) is 55.4 Å². The molecule has 0 aliphatic heterocycles. The SMILES string of the molecule is CCC(C)C(NC(=O)c1ccc(C)cc1Br)C(=O)OC. The van der Waals surface area contributed by atoms with E-state index in [4.69, 9.17) is 4.74 Å². The molecule has 1 amide bonds. The molecule has 4 nitrogen and oxygen atoms in total. The van der Waals surface area contributed by atoms with Crippen molar-refractivity contribution < 1.29 is 14.3 Å². The number of methoxy groups -OCH3 is 1. The molecule has 0 aliphatic rings. The van der Waals surface area contributed by atoms with Gasteiger partial charge < -0.3 is 10.1 Å². The highest BCUT2D eigenvalue weighted by Gasteiger charge is 2.27. The highest BCUT2D eigenvalue weighted by molar-refractivity contribution is 9.10. The van der Waals surface area contributed by atoms with Crippen LogP contribution in [0.15, 0.2) is 22.7 Å². The van der Waals surface area contributed by atoms with Crippen molar-refractivity contribution in [2.24, 2.45) is 5.92 Å². The number of esters is 1. The Morgan fingerprint density at radius 3 is 2.55 bits per heavy atom. The fraction of sp³-hybridized carbons (Fsp3) is 0.467. The minimum absolute atomic E-state index is 0.00984. The van der Waals surface area contributed by atoms with Crippen molar-refractivity contribution in [2.75, 3.05) is 7.11 Å². The van der Waals surface area contributed by atoms with Crippen LogP contribution < -0.4 is 5.32 Å². The molecule has 5 heteroatoms. The lowest BCUT2D eigenvalue weighted by atomic mass is 9.98. The molecule has 1 aromatic rings. The van der Waals surface area contributed by atoms with Gasteiger partial charge in [0.2, 0.25) is 0 Å². The van der Waals surface area contributed by atoms with Crippen LogP contribution in [-0.4, -0.2) is 25.0 Å². The Morgan fingerprint density at radius 2 is 2.05 bits per heavy atom. The standard InChI is InChI=1S/C15H20BrNO3/c1-5-10(3)13(15(19)20-4)17-14(18)11-7-6-9(2)8-12(11)16/h6-8,10,13H,5H2,1-4H3,(H,17,18). The summed E-state index contributed by atoms with van der Waals surface area (Å²) >= 11 is 3.37. The van der Waals surface area contributed by atoms with E-state index in [0.29, 0.717) is 10.0 Å². The summed E-state index contributed by atoms with van der Waals surface area (Å²) in [5.74, 6) is -0.695. The third kappa shape index (κ3) is 4.07. The van der Waals surface area contributed by atoms with Gasteiger partial charge in [-0.25, -0.2) is 4.79 Å². The number of rotatable bonds is 5. The van der Waals surface area contributed by atoms with Crippen molar-refractivity contribution in [2.45, 2.75) is 33.2 Å². The van der Waals surface area contributed by atoms with Gasteiger partial charge in [0, 0.05) is 4.47 Å². The van der Waals surface area contributed by atoms with Crippen LogP contribution in [0.5, 0.6) is 0 Å². The number of carbonyl (C=O) groups is 2. The third-order valence-corrected chi connectivity index (χ3v) is 3.98. The average molecular weight is 342 g/mol. The predicted molar refractivity (Wildman–Crippen MR) is 81.6 cm³/mol. The van der Waals surface area contributed by atoms with Crippen molar-refractivity contribution in [1.29, 1.82) is 0 Å². The number of carbonyl (C=O) groups excluding carboxylic acids is 2. The summed E-state index contributed by atoms with van der Waals surface area (Å²) in [4.78, 5) is 24.0. The van der Waals surface area contributed by atoms with Crippen LogP contribution in [0.3, 0.4) is 0 Å². The maximum absolute atomic E-state index is 12.3. The molecule has 0 fully saturated rings. The molecular weight excluding hydrogens is 322 g/mol. The summed E-state index contributed by atoms with van der Waals surface area (Å²) in [6, 6.07) is 4.83. The molecule has 20 heavy (non-hydrogen) atoms. The number of aryl methyl sites for hydroxylation is 1. The third-order valence-electron chi connectivity index (χ3n) is 3.32. The largest absolute Gasteiger partial charge is 0.467 e. The summed E-state index contributed by atoms with van der Waals surface area (Å²) in [5.41, 5.74) is 1.56. The van der Waals surface area contributed by atoms with Gasteiger partial charge in [0.15, 0.2) is 0 Å². The molecule has 1 rings (SSSR count). The lowest BCUT2D eigenvalue weighted by Crippen LogP contribution is -2.45. The maximum Gasteiger partial charge on any atom is 0.328 e. The number of hydrogen-bond donors (Lipinski definition) is 1. The van der Waals surface area contributed by atoms with Gasteiger partial charge in [-0.15, -0.1) is 0 Å². The van der Waals surface area contributed by atoms with E-state index in [2.05, 4.69) is 21.2 Å². The molecule has 0 aromatic heterocycles. The molecular formula is C15H20BrNO3. The summed E-state index contributed by atoms with van der Waals surface area (Å²) < 4.78 is 5.47. The van der Waals surface area contributed by atoms with Crippen LogP contribution in [-0.2, 0) is 9.53 Å². The minimum atomic E-state index is -0.634. The van der Waals surface area contributed by atoms with Gasteiger partial charge in [-0.3, -0.25) is 4.79 Å². The molecule has 0 heterocycles.